The first-order chi connectivity index (χ1) is 9.88. The van der Waals surface area contributed by atoms with E-state index in [1.165, 1.54) is 0 Å². The summed E-state index contributed by atoms with van der Waals surface area (Å²) < 4.78 is 5.38. The molecule has 1 heterocycles. The Kier molecular flexibility index (Phi) is 4.95. The number of benzene rings is 1. The maximum atomic E-state index is 12.7. The van der Waals surface area contributed by atoms with Crippen LogP contribution in [0.3, 0.4) is 0 Å². The van der Waals surface area contributed by atoms with Gasteiger partial charge < -0.3 is 10.1 Å². The summed E-state index contributed by atoms with van der Waals surface area (Å²) in [6.45, 7) is 7.64. The van der Waals surface area contributed by atoms with Crippen LogP contribution in [-0.4, -0.2) is 30.5 Å². The maximum absolute atomic E-state index is 12.7. The van der Waals surface area contributed by atoms with E-state index in [0.29, 0.717) is 19.1 Å². The summed E-state index contributed by atoms with van der Waals surface area (Å²) in [4.78, 5) is 12.7. The molecule has 0 bridgehead atoms. The Balaban J connectivity index is 2.24. The quantitative estimate of drug-likeness (QED) is 0.868. The second-order valence-corrected chi connectivity index (χ2v) is 7.04. The second kappa shape index (κ2) is 6.37. The van der Waals surface area contributed by atoms with Gasteiger partial charge in [0.25, 0.3) is 5.91 Å². The Hall–Kier alpha value is -1.06. The third-order valence-corrected chi connectivity index (χ3v) is 4.58. The third-order valence-electron chi connectivity index (χ3n) is 4.06. The molecular weight excluding hydrogens is 286 g/mol. The van der Waals surface area contributed by atoms with Crippen LogP contribution in [0, 0.1) is 0 Å². The summed E-state index contributed by atoms with van der Waals surface area (Å²) >= 11 is 6.13. The van der Waals surface area contributed by atoms with Crippen molar-refractivity contribution in [2.45, 2.75) is 44.6 Å². The normalized spacial score (nSPS) is 18.3. The summed E-state index contributed by atoms with van der Waals surface area (Å²) in [5.41, 5.74) is 1.37. The maximum Gasteiger partial charge on any atom is 0.252 e. The van der Waals surface area contributed by atoms with Gasteiger partial charge in [-0.05, 0) is 29.9 Å². The zero-order valence-corrected chi connectivity index (χ0v) is 13.8. The van der Waals surface area contributed by atoms with E-state index < -0.39 is 0 Å². The van der Waals surface area contributed by atoms with Crippen LogP contribution in [0.15, 0.2) is 24.3 Å². The van der Waals surface area contributed by atoms with E-state index >= 15 is 0 Å². The van der Waals surface area contributed by atoms with Crippen LogP contribution in [0.2, 0.25) is 0 Å². The lowest BCUT2D eigenvalue weighted by Gasteiger charge is -2.36. The molecule has 1 fully saturated rings. The fourth-order valence-corrected chi connectivity index (χ4v) is 3.03. The Bertz CT molecular complexity index is 502. The average Bonchev–Trinajstić information content (AvgIpc) is 2.47. The van der Waals surface area contributed by atoms with E-state index in [1.54, 1.807) is 0 Å². The SMILES string of the molecule is CC(C)(C)c1ccccc1C(=O)NC1(CCl)CCOCC1. The van der Waals surface area contributed by atoms with Crippen molar-refractivity contribution in [3.63, 3.8) is 0 Å². The number of halogens is 1. The van der Waals surface area contributed by atoms with Crippen LogP contribution in [0.1, 0.15) is 49.5 Å². The van der Waals surface area contributed by atoms with Gasteiger partial charge in [-0.25, -0.2) is 0 Å². The zero-order chi connectivity index (χ0) is 15.5. The van der Waals surface area contributed by atoms with Gasteiger partial charge in [0.1, 0.15) is 0 Å². The van der Waals surface area contributed by atoms with E-state index in [1.807, 2.05) is 24.3 Å². The molecule has 21 heavy (non-hydrogen) atoms. The molecule has 116 valence electrons. The van der Waals surface area contributed by atoms with E-state index in [0.717, 1.165) is 24.0 Å². The number of carbonyl (C=O) groups excluding carboxylic acids is 1. The number of hydrogen-bond donors (Lipinski definition) is 1. The molecular formula is C17H24ClNO2. The molecule has 1 saturated heterocycles. The highest BCUT2D eigenvalue weighted by atomic mass is 35.5. The molecule has 2 rings (SSSR count). The first-order valence-electron chi connectivity index (χ1n) is 7.44. The first-order valence-corrected chi connectivity index (χ1v) is 7.97. The van der Waals surface area contributed by atoms with E-state index in [2.05, 4.69) is 26.1 Å². The number of carbonyl (C=O) groups is 1. The smallest absolute Gasteiger partial charge is 0.252 e. The van der Waals surface area contributed by atoms with Gasteiger partial charge in [-0.2, -0.15) is 0 Å². The van der Waals surface area contributed by atoms with Crippen LogP contribution < -0.4 is 5.32 Å². The number of hydrogen-bond acceptors (Lipinski definition) is 2. The molecule has 1 amide bonds. The summed E-state index contributed by atoms with van der Waals surface area (Å²) in [5.74, 6) is 0.378. The van der Waals surface area contributed by atoms with Crippen LogP contribution in [0.5, 0.6) is 0 Å². The highest BCUT2D eigenvalue weighted by Gasteiger charge is 2.34. The van der Waals surface area contributed by atoms with Crippen LogP contribution in [-0.2, 0) is 10.2 Å². The molecule has 0 atom stereocenters. The Labute approximate surface area is 132 Å². The fourth-order valence-electron chi connectivity index (χ4n) is 2.70. The van der Waals surface area contributed by atoms with Crippen LogP contribution in [0.4, 0.5) is 0 Å². The van der Waals surface area contributed by atoms with Gasteiger partial charge in [0.05, 0.1) is 5.54 Å². The van der Waals surface area contributed by atoms with E-state index in [-0.39, 0.29) is 16.9 Å². The summed E-state index contributed by atoms with van der Waals surface area (Å²) in [6, 6.07) is 7.79. The highest BCUT2D eigenvalue weighted by molar-refractivity contribution is 6.19. The standard InChI is InChI=1S/C17H24ClNO2/c1-16(2,3)14-7-5-4-6-13(14)15(20)19-17(12-18)8-10-21-11-9-17/h4-7H,8-12H2,1-3H3,(H,19,20). The largest absolute Gasteiger partial charge is 0.381 e. The Morgan fingerprint density at radius 1 is 1.29 bits per heavy atom. The van der Waals surface area contributed by atoms with Crippen molar-refractivity contribution in [2.75, 3.05) is 19.1 Å². The van der Waals surface area contributed by atoms with Gasteiger partial charge in [-0.1, -0.05) is 39.0 Å². The number of ether oxygens (including phenoxy) is 1. The lowest BCUT2D eigenvalue weighted by atomic mass is 9.83. The summed E-state index contributed by atoms with van der Waals surface area (Å²) in [7, 11) is 0. The number of alkyl halides is 1. The van der Waals surface area contributed by atoms with Gasteiger partial charge in [0, 0.05) is 24.7 Å². The predicted molar refractivity (Wildman–Crippen MR) is 86.1 cm³/mol. The minimum Gasteiger partial charge on any atom is -0.381 e. The molecule has 4 heteroatoms. The first kappa shape index (κ1) is 16.3. The molecule has 1 aromatic rings. The van der Waals surface area contributed by atoms with Crippen molar-refractivity contribution < 1.29 is 9.53 Å². The molecule has 1 aliphatic heterocycles. The lowest BCUT2D eigenvalue weighted by Crippen LogP contribution is -2.53. The van der Waals surface area contributed by atoms with Crippen molar-refractivity contribution in [1.82, 2.24) is 5.32 Å². The lowest BCUT2D eigenvalue weighted by molar-refractivity contribution is 0.0433. The number of amides is 1. The van der Waals surface area contributed by atoms with Gasteiger partial charge in [-0.3, -0.25) is 4.79 Å². The van der Waals surface area contributed by atoms with Crippen molar-refractivity contribution in [3.05, 3.63) is 35.4 Å². The molecule has 0 aliphatic carbocycles. The van der Waals surface area contributed by atoms with Crippen LogP contribution in [0.25, 0.3) is 0 Å². The molecule has 3 nitrogen and oxygen atoms in total. The van der Waals surface area contributed by atoms with Crippen molar-refractivity contribution in [3.8, 4) is 0 Å². The van der Waals surface area contributed by atoms with Crippen LogP contribution >= 0.6 is 11.6 Å². The van der Waals surface area contributed by atoms with Gasteiger partial charge in [0.2, 0.25) is 0 Å². The molecule has 1 aliphatic rings. The number of rotatable bonds is 3. The molecule has 0 radical (unpaired) electrons. The van der Waals surface area contributed by atoms with Crippen molar-refractivity contribution in [1.29, 1.82) is 0 Å². The van der Waals surface area contributed by atoms with E-state index in [4.69, 9.17) is 16.3 Å². The average molecular weight is 310 g/mol. The minimum atomic E-state index is -0.345. The minimum absolute atomic E-state index is 0.0388. The van der Waals surface area contributed by atoms with Gasteiger partial charge in [-0.15, -0.1) is 11.6 Å². The summed E-state index contributed by atoms with van der Waals surface area (Å²) in [5, 5.41) is 3.16. The topological polar surface area (TPSA) is 38.3 Å². The number of nitrogens with one attached hydrogen (secondary N) is 1. The fraction of sp³-hybridized carbons (Fsp3) is 0.588. The van der Waals surface area contributed by atoms with E-state index in [9.17, 15) is 4.79 Å². The van der Waals surface area contributed by atoms with Gasteiger partial charge >= 0.3 is 0 Å². The predicted octanol–water partition coefficient (Wildman–Crippen LogP) is 3.50. The van der Waals surface area contributed by atoms with Gasteiger partial charge in [0.15, 0.2) is 0 Å². The highest BCUT2D eigenvalue weighted by Crippen LogP contribution is 2.27. The molecule has 0 saturated carbocycles. The molecule has 1 N–H and O–H groups in total. The van der Waals surface area contributed by atoms with Crippen molar-refractivity contribution in [2.24, 2.45) is 0 Å². The molecule has 0 unspecified atom stereocenters. The summed E-state index contributed by atoms with van der Waals surface area (Å²) in [6.07, 6.45) is 1.53. The Morgan fingerprint density at radius 2 is 1.90 bits per heavy atom. The molecule has 0 aromatic heterocycles. The third kappa shape index (κ3) is 3.78. The molecule has 1 aromatic carbocycles. The monoisotopic (exact) mass is 309 g/mol. The molecule has 0 spiro atoms. The second-order valence-electron chi connectivity index (χ2n) is 6.78. The van der Waals surface area contributed by atoms with Crippen molar-refractivity contribution >= 4 is 17.5 Å². The Morgan fingerprint density at radius 3 is 2.48 bits per heavy atom. The zero-order valence-electron chi connectivity index (χ0n) is 13.0.